The number of nitrogens with one attached hydrogen (secondary N) is 2. The number of rotatable bonds is 4. The summed E-state index contributed by atoms with van der Waals surface area (Å²) in [5.74, 6) is 0.0553. The smallest absolute Gasteiger partial charge is 0.270 e. The maximum absolute atomic E-state index is 12.7. The number of aromatic nitrogens is 3. The SMILES string of the molecule is CN(Cc1cn[nH]c1)C(=O)c1cccn1C1CCNCC1. The Labute approximate surface area is 124 Å². The van der Waals surface area contributed by atoms with E-state index < -0.39 is 0 Å². The number of piperidine rings is 1. The van der Waals surface area contributed by atoms with Crippen LogP contribution >= 0.6 is 0 Å². The van der Waals surface area contributed by atoms with Crippen LogP contribution in [-0.2, 0) is 6.54 Å². The summed E-state index contributed by atoms with van der Waals surface area (Å²) in [5, 5.41) is 10.0. The fourth-order valence-corrected chi connectivity index (χ4v) is 2.88. The van der Waals surface area contributed by atoms with Gasteiger partial charge in [-0.05, 0) is 38.1 Å². The molecular formula is C15H21N5O. The van der Waals surface area contributed by atoms with Gasteiger partial charge in [-0.3, -0.25) is 9.89 Å². The lowest BCUT2D eigenvalue weighted by Crippen LogP contribution is -2.33. The molecule has 6 heteroatoms. The normalized spacial score (nSPS) is 16.0. The number of carbonyl (C=O) groups excluding carboxylic acids is 1. The Balaban J connectivity index is 1.73. The van der Waals surface area contributed by atoms with Crippen LogP contribution in [0.1, 0.15) is 34.9 Å². The summed E-state index contributed by atoms with van der Waals surface area (Å²) in [6.07, 6.45) is 7.72. The average molecular weight is 287 g/mol. The van der Waals surface area contributed by atoms with E-state index in [2.05, 4.69) is 20.1 Å². The van der Waals surface area contributed by atoms with Gasteiger partial charge in [-0.1, -0.05) is 0 Å². The van der Waals surface area contributed by atoms with Gasteiger partial charge in [-0.2, -0.15) is 5.10 Å². The van der Waals surface area contributed by atoms with Crippen molar-refractivity contribution >= 4 is 5.91 Å². The standard InChI is InChI=1S/C15H21N5O/c1-19(11-12-9-17-18-10-12)15(21)14-3-2-8-20(14)13-4-6-16-7-5-13/h2-3,8-10,13,16H,4-7,11H2,1H3,(H,17,18). The minimum Gasteiger partial charge on any atom is -0.340 e. The molecule has 0 radical (unpaired) electrons. The molecule has 0 aromatic carbocycles. The van der Waals surface area contributed by atoms with Gasteiger partial charge in [0.2, 0.25) is 0 Å². The summed E-state index contributed by atoms with van der Waals surface area (Å²) >= 11 is 0. The number of nitrogens with zero attached hydrogens (tertiary/aromatic N) is 3. The van der Waals surface area contributed by atoms with Crippen LogP contribution in [0.2, 0.25) is 0 Å². The highest BCUT2D eigenvalue weighted by atomic mass is 16.2. The van der Waals surface area contributed by atoms with Crippen molar-refractivity contribution < 1.29 is 4.79 Å². The molecule has 1 aliphatic rings. The van der Waals surface area contributed by atoms with E-state index in [9.17, 15) is 4.79 Å². The van der Waals surface area contributed by atoms with E-state index in [0.29, 0.717) is 12.6 Å². The predicted octanol–water partition coefficient (Wildman–Crippen LogP) is 1.41. The Bertz CT molecular complexity index is 583. The van der Waals surface area contributed by atoms with Crippen molar-refractivity contribution in [1.82, 2.24) is 25.0 Å². The molecule has 0 spiro atoms. The summed E-state index contributed by atoms with van der Waals surface area (Å²) in [7, 11) is 1.83. The number of carbonyl (C=O) groups is 1. The summed E-state index contributed by atoms with van der Waals surface area (Å²) in [6, 6.07) is 4.29. The first-order valence-corrected chi connectivity index (χ1v) is 7.36. The van der Waals surface area contributed by atoms with Crippen LogP contribution in [0, 0.1) is 0 Å². The Morgan fingerprint density at radius 3 is 3.00 bits per heavy atom. The molecule has 2 aromatic heterocycles. The van der Waals surface area contributed by atoms with E-state index >= 15 is 0 Å². The summed E-state index contributed by atoms with van der Waals surface area (Å²) in [4.78, 5) is 14.4. The highest BCUT2D eigenvalue weighted by Gasteiger charge is 2.22. The highest BCUT2D eigenvalue weighted by Crippen LogP contribution is 2.22. The van der Waals surface area contributed by atoms with Crippen molar-refractivity contribution in [2.75, 3.05) is 20.1 Å². The van der Waals surface area contributed by atoms with Crippen molar-refractivity contribution in [2.24, 2.45) is 0 Å². The third-order valence-corrected chi connectivity index (χ3v) is 4.02. The molecule has 0 atom stereocenters. The first-order chi connectivity index (χ1) is 10.3. The minimum absolute atomic E-state index is 0.0553. The quantitative estimate of drug-likeness (QED) is 0.893. The van der Waals surface area contributed by atoms with Crippen LogP contribution in [-0.4, -0.2) is 45.7 Å². The molecule has 2 aromatic rings. The van der Waals surface area contributed by atoms with Crippen LogP contribution in [0.3, 0.4) is 0 Å². The van der Waals surface area contributed by atoms with Gasteiger partial charge in [0.15, 0.2) is 0 Å². The van der Waals surface area contributed by atoms with E-state index in [4.69, 9.17) is 0 Å². The van der Waals surface area contributed by atoms with Gasteiger partial charge in [0.25, 0.3) is 5.91 Å². The van der Waals surface area contributed by atoms with Crippen LogP contribution in [0.5, 0.6) is 0 Å². The van der Waals surface area contributed by atoms with Gasteiger partial charge in [-0.15, -0.1) is 0 Å². The molecule has 6 nitrogen and oxygen atoms in total. The Morgan fingerprint density at radius 1 is 1.48 bits per heavy atom. The van der Waals surface area contributed by atoms with Crippen LogP contribution in [0.25, 0.3) is 0 Å². The van der Waals surface area contributed by atoms with E-state index in [1.165, 1.54) is 0 Å². The molecule has 0 bridgehead atoms. The topological polar surface area (TPSA) is 66.0 Å². The zero-order valence-corrected chi connectivity index (χ0v) is 12.2. The monoisotopic (exact) mass is 287 g/mol. The molecule has 1 aliphatic heterocycles. The molecule has 1 fully saturated rings. The molecule has 0 unspecified atom stereocenters. The van der Waals surface area contributed by atoms with Gasteiger partial charge in [0, 0.05) is 37.6 Å². The maximum atomic E-state index is 12.7. The van der Waals surface area contributed by atoms with Crippen LogP contribution in [0.4, 0.5) is 0 Å². The lowest BCUT2D eigenvalue weighted by atomic mass is 10.1. The first kappa shape index (κ1) is 13.9. The van der Waals surface area contributed by atoms with E-state index in [-0.39, 0.29) is 5.91 Å². The summed E-state index contributed by atoms with van der Waals surface area (Å²) in [6.45, 7) is 2.59. The first-order valence-electron chi connectivity index (χ1n) is 7.36. The van der Waals surface area contributed by atoms with E-state index in [1.54, 1.807) is 11.1 Å². The molecule has 0 saturated carbocycles. The summed E-state index contributed by atoms with van der Waals surface area (Å²) in [5.41, 5.74) is 1.78. The van der Waals surface area contributed by atoms with Crippen molar-refractivity contribution in [3.63, 3.8) is 0 Å². The zero-order valence-electron chi connectivity index (χ0n) is 12.2. The zero-order chi connectivity index (χ0) is 14.7. The molecular weight excluding hydrogens is 266 g/mol. The molecule has 0 aliphatic carbocycles. The molecule has 3 heterocycles. The lowest BCUT2D eigenvalue weighted by molar-refractivity contribution is 0.0770. The Hall–Kier alpha value is -2.08. The number of hydrogen-bond acceptors (Lipinski definition) is 3. The average Bonchev–Trinajstić information content (AvgIpc) is 3.18. The molecule has 21 heavy (non-hydrogen) atoms. The Kier molecular flexibility index (Phi) is 4.06. The van der Waals surface area contributed by atoms with E-state index in [1.807, 2.05) is 31.6 Å². The second-order valence-corrected chi connectivity index (χ2v) is 5.55. The number of amides is 1. The predicted molar refractivity (Wildman–Crippen MR) is 80.0 cm³/mol. The van der Waals surface area contributed by atoms with E-state index in [0.717, 1.165) is 37.2 Å². The maximum Gasteiger partial charge on any atom is 0.270 e. The van der Waals surface area contributed by atoms with Crippen molar-refractivity contribution in [3.8, 4) is 0 Å². The van der Waals surface area contributed by atoms with Crippen molar-refractivity contribution in [2.45, 2.75) is 25.4 Å². The summed E-state index contributed by atoms with van der Waals surface area (Å²) < 4.78 is 2.13. The minimum atomic E-state index is 0.0553. The molecule has 1 saturated heterocycles. The third kappa shape index (κ3) is 3.00. The van der Waals surface area contributed by atoms with Crippen LogP contribution in [0.15, 0.2) is 30.7 Å². The van der Waals surface area contributed by atoms with Gasteiger partial charge in [0.1, 0.15) is 5.69 Å². The molecule has 112 valence electrons. The van der Waals surface area contributed by atoms with Gasteiger partial charge < -0.3 is 14.8 Å². The van der Waals surface area contributed by atoms with Crippen molar-refractivity contribution in [3.05, 3.63) is 42.0 Å². The van der Waals surface area contributed by atoms with Gasteiger partial charge >= 0.3 is 0 Å². The van der Waals surface area contributed by atoms with Crippen LogP contribution < -0.4 is 5.32 Å². The fourth-order valence-electron chi connectivity index (χ4n) is 2.88. The Morgan fingerprint density at radius 2 is 2.29 bits per heavy atom. The molecule has 3 rings (SSSR count). The number of hydrogen-bond donors (Lipinski definition) is 2. The van der Waals surface area contributed by atoms with Gasteiger partial charge in [-0.25, -0.2) is 0 Å². The highest BCUT2D eigenvalue weighted by molar-refractivity contribution is 5.92. The lowest BCUT2D eigenvalue weighted by Gasteiger charge is -2.27. The molecule has 2 N–H and O–H groups in total. The van der Waals surface area contributed by atoms with Crippen molar-refractivity contribution in [1.29, 1.82) is 0 Å². The number of aromatic amines is 1. The second-order valence-electron chi connectivity index (χ2n) is 5.55. The fraction of sp³-hybridized carbons (Fsp3) is 0.467. The third-order valence-electron chi connectivity index (χ3n) is 4.02. The largest absolute Gasteiger partial charge is 0.340 e. The number of H-pyrrole nitrogens is 1. The van der Waals surface area contributed by atoms with Gasteiger partial charge in [0.05, 0.1) is 6.20 Å². The second kappa shape index (κ2) is 6.13. The molecule has 1 amide bonds.